The Morgan fingerprint density at radius 1 is 1.04 bits per heavy atom. The molecular weight excluding hydrogens is 314 g/mol. The minimum absolute atomic E-state index is 0.0633. The Morgan fingerprint density at radius 2 is 1.68 bits per heavy atom. The molecule has 0 aromatic heterocycles. The van der Waals surface area contributed by atoms with Crippen molar-refractivity contribution in [1.29, 1.82) is 0 Å². The number of benzene rings is 2. The molecular formula is C20H21N3O2. The van der Waals surface area contributed by atoms with E-state index in [1.165, 1.54) is 0 Å². The molecule has 0 saturated heterocycles. The second-order valence-electron chi connectivity index (χ2n) is 6.56. The van der Waals surface area contributed by atoms with Crippen LogP contribution in [-0.4, -0.2) is 22.5 Å². The van der Waals surface area contributed by atoms with Gasteiger partial charge in [0, 0.05) is 18.4 Å². The van der Waals surface area contributed by atoms with Crippen molar-refractivity contribution in [3.05, 3.63) is 71.8 Å². The Kier molecular flexibility index (Phi) is 4.14. The van der Waals surface area contributed by atoms with Gasteiger partial charge in [0.1, 0.15) is 0 Å². The van der Waals surface area contributed by atoms with E-state index in [4.69, 9.17) is 4.84 Å². The van der Waals surface area contributed by atoms with Crippen molar-refractivity contribution in [2.24, 2.45) is 5.16 Å². The lowest BCUT2D eigenvalue weighted by molar-refractivity contribution is -0.140. The number of hydrazine groups is 1. The van der Waals surface area contributed by atoms with E-state index in [0.29, 0.717) is 12.3 Å². The third-order valence-electron chi connectivity index (χ3n) is 4.78. The van der Waals surface area contributed by atoms with Gasteiger partial charge in [-0.1, -0.05) is 65.8 Å². The lowest BCUT2D eigenvalue weighted by atomic mass is 10.1. The summed E-state index contributed by atoms with van der Waals surface area (Å²) in [5.74, 6) is 0.607. The maximum Gasteiger partial charge on any atom is 0.243 e. The standard InChI is InChI=1S/C20H21N3O2/c24-18(15-16-9-3-1-4-10-16)21-23-19(17-11-5-2-6-12-17)22-25-20(23)13-7-8-14-20/h1-6,9-12H,7-8,13-15H2,(H,21,24). The number of hydrogen-bond acceptors (Lipinski definition) is 4. The first-order chi connectivity index (χ1) is 12.3. The molecule has 1 saturated carbocycles. The van der Waals surface area contributed by atoms with Crippen molar-refractivity contribution in [3.63, 3.8) is 0 Å². The fourth-order valence-electron chi connectivity index (χ4n) is 3.51. The van der Waals surface area contributed by atoms with Gasteiger partial charge in [-0.25, -0.2) is 5.01 Å². The van der Waals surface area contributed by atoms with Gasteiger partial charge in [-0.2, -0.15) is 0 Å². The molecule has 2 aromatic carbocycles. The number of hydrogen-bond donors (Lipinski definition) is 1. The van der Waals surface area contributed by atoms with Crippen LogP contribution in [0.2, 0.25) is 0 Å². The van der Waals surface area contributed by atoms with E-state index in [2.05, 4.69) is 10.6 Å². The SMILES string of the molecule is O=C(Cc1ccccc1)NN1C(c2ccccc2)=NOC12CCCC2. The molecule has 1 fully saturated rings. The van der Waals surface area contributed by atoms with Gasteiger partial charge in [0.05, 0.1) is 6.42 Å². The molecule has 4 rings (SSSR count). The first-order valence-electron chi connectivity index (χ1n) is 8.72. The number of oxime groups is 1. The van der Waals surface area contributed by atoms with E-state index in [9.17, 15) is 4.79 Å². The summed E-state index contributed by atoms with van der Waals surface area (Å²) < 4.78 is 0. The second kappa shape index (κ2) is 6.59. The lowest BCUT2D eigenvalue weighted by Gasteiger charge is -2.33. The highest BCUT2D eigenvalue weighted by Crippen LogP contribution is 2.40. The number of carbonyl (C=O) groups is 1. The second-order valence-corrected chi connectivity index (χ2v) is 6.56. The highest BCUT2D eigenvalue weighted by Gasteiger charge is 2.49. The van der Waals surface area contributed by atoms with Gasteiger partial charge in [0.15, 0.2) is 5.84 Å². The molecule has 5 heteroatoms. The van der Waals surface area contributed by atoms with E-state index in [1.54, 1.807) is 0 Å². The molecule has 1 amide bonds. The molecule has 0 radical (unpaired) electrons. The summed E-state index contributed by atoms with van der Waals surface area (Å²) in [5, 5.41) is 6.16. The molecule has 1 N–H and O–H groups in total. The highest BCUT2D eigenvalue weighted by molar-refractivity contribution is 6.00. The first kappa shape index (κ1) is 15.7. The fraction of sp³-hybridized carbons (Fsp3) is 0.300. The maximum atomic E-state index is 12.6. The molecule has 25 heavy (non-hydrogen) atoms. The van der Waals surface area contributed by atoms with Crippen LogP contribution in [0, 0.1) is 0 Å². The number of rotatable bonds is 4. The van der Waals surface area contributed by atoms with Crippen LogP contribution in [0.3, 0.4) is 0 Å². The zero-order valence-corrected chi connectivity index (χ0v) is 14.0. The molecule has 2 aliphatic rings. The zero-order valence-electron chi connectivity index (χ0n) is 14.0. The third-order valence-corrected chi connectivity index (χ3v) is 4.78. The van der Waals surface area contributed by atoms with Gasteiger partial charge in [-0.15, -0.1) is 0 Å². The smallest absolute Gasteiger partial charge is 0.243 e. The summed E-state index contributed by atoms with van der Waals surface area (Å²) in [5.41, 5.74) is 4.42. The summed E-state index contributed by atoms with van der Waals surface area (Å²) >= 11 is 0. The van der Waals surface area contributed by atoms with Gasteiger partial charge < -0.3 is 4.84 Å². The van der Waals surface area contributed by atoms with E-state index in [1.807, 2.05) is 65.7 Å². The van der Waals surface area contributed by atoms with Crippen molar-refractivity contribution in [1.82, 2.24) is 10.4 Å². The minimum Gasteiger partial charge on any atom is -0.363 e. The predicted octanol–water partition coefficient (Wildman–Crippen LogP) is 3.22. The first-order valence-corrected chi connectivity index (χ1v) is 8.72. The van der Waals surface area contributed by atoms with Crippen molar-refractivity contribution in [2.75, 3.05) is 0 Å². The lowest BCUT2D eigenvalue weighted by Crippen LogP contribution is -2.56. The number of nitrogens with zero attached hydrogens (tertiary/aromatic N) is 2. The molecule has 128 valence electrons. The molecule has 1 spiro atoms. The van der Waals surface area contributed by atoms with Crippen molar-refractivity contribution >= 4 is 11.7 Å². The normalized spacial score (nSPS) is 18.1. The van der Waals surface area contributed by atoms with E-state index in [0.717, 1.165) is 36.8 Å². The summed E-state index contributed by atoms with van der Waals surface area (Å²) in [4.78, 5) is 18.5. The van der Waals surface area contributed by atoms with Crippen LogP contribution in [0.15, 0.2) is 65.8 Å². The van der Waals surface area contributed by atoms with Crippen molar-refractivity contribution in [3.8, 4) is 0 Å². The topological polar surface area (TPSA) is 53.9 Å². The van der Waals surface area contributed by atoms with Crippen molar-refractivity contribution in [2.45, 2.75) is 37.8 Å². The van der Waals surface area contributed by atoms with Crippen LogP contribution in [0.5, 0.6) is 0 Å². The maximum absolute atomic E-state index is 12.6. The fourth-order valence-corrected chi connectivity index (χ4v) is 3.51. The number of nitrogens with one attached hydrogen (secondary N) is 1. The third kappa shape index (κ3) is 3.09. The number of amides is 1. The van der Waals surface area contributed by atoms with Crippen LogP contribution in [0.4, 0.5) is 0 Å². The molecule has 0 unspecified atom stereocenters. The van der Waals surface area contributed by atoms with E-state index in [-0.39, 0.29) is 5.91 Å². The summed E-state index contributed by atoms with van der Waals surface area (Å²) in [7, 11) is 0. The van der Waals surface area contributed by atoms with Crippen LogP contribution in [0.1, 0.15) is 36.8 Å². The van der Waals surface area contributed by atoms with Crippen molar-refractivity contribution < 1.29 is 9.63 Å². The van der Waals surface area contributed by atoms with Gasteiger partial charge in [-0.3, -0.25) is 10.2 Å². The number of amidine groups is 1. The molecule has 1 aliphatic carbocycles. The summed E-state index contributed by atoms with van der Waals surface area (Å²) in [6.07, 6.45) is 4.19. The molecule has 1 heterocycles. The van der Waals surface area contributed by atoms with Gasteiger partial charge in [0.2, 0.25) is 11.6 Å². The quantitative estimate of drug-likeness (QED) is 0.933. The van der Waals surface area contributed by atoms with Gasteiger partial charge in [0.25, 0.3) is 0 Å². The molecule has 5 nitrogen and oxygen atoms in total. The van der Waals surface area contributed by atoms with Gasteiger partial charge >= 0.3 is 0 Å². The highest BCUT2D eigenvalue weighted by atomic mass is 16.7. The minimum atomic E-state index is -0.544. The Labute approximate surface area is 147 Å². The van der Waals surface area contributed by atoms with E-state index >= 15 is 0 Å². The summed E-state index contributed by atoms with van der Waals surface area (Å²) in [6, 6.07) is 19.6. The Morgan fingerprint density at radius 3 is 2.36 bits per heavy atom. The van der Waals surface area contributed by atoms with Crippen LogP contribution in [0.25, 0.3) is 0 Å². The molecule has 1 aliphatic heterocycles. The molecule has 0 bridgehead atoms. The number of carbonyl (C=O) groups excluding carboxylic acids is 1. The largest absolute Gasteiger partial charge is 0.363 e. The zero-order chi connectivity index (χ0) is 17.1. The average molecular weight is 335 g/mol. The average Bonchev–Trinajstić information content (AvgIpc) is 3.25. The Bertz CT molecular complexity index is 768. The molecule has 0 atom stereocenters. The Hall–Kier alpha value is -2.82. The van der Waals surface area contributed by atoms with Crippen LogP contribution >= 0.6 is 0 Å². The van der Waals surface area contributed by atoms with Gasteiger partial charge in [-0.05, 0) is 18.4 Å². The van der Waals surface area contributed by atoms with E-state index < -0.39 is 5.72 Å². The monoisotopic (exact) mass is 335 g/mol. The molecule has 2 aromatic rings. The van der Waals surface area contributed by atoms with Crippen LogP contribution < -0.4 is 5.43 Å². The van der Waals surface area contributed by atoms with Crippen LogP contribution in [-0.2, 0) is 16.1 Å². The Balaban J connectivity index is 1.56. The summed E-state index contributed by atoms with van der Waals surface area (Å²) in [6.45, 7) is 0. The predicted molar refractivity (Wildman–Crippen MR) is 95.4 cm³/mol.